The third kappa shape index (κ3) is 4.81. The highest BCUT2D eigenvalue weighted by atomic mass is 32.2. The Bertz CT molecular complexity index is 1360. The van der Waals surface area contributed by atoms with Crippen LogP contribution in [0.5, 0.6) is 0 Å². The topological polar surface area (TPSA) is 107 Å². The predicted molar refractivity (Wildman–Crippen MR) is 130 cm³/mol. The van der Waals surface area contributed by atoms with Crippen LogP contribution in [0.4, 0.5) is 9.39 Å². The number of benzene rings is 2. The molecule has 0 saturated heterocycles. The molecule has 2 aromatic heterocycles. The number of halogens is 1. The molecular weight excluding hydrogens is 473 g/mol. The minimum Gasteiger partial charge on any atom is -0.462 e. The number of carbonyl (C=O) groups excluding carboxylic acids is 1. The molecule has 0 unspecified atom stereocenters. The molecule has 4 rings (SSSR count). The predicted octanol–water partition coefficient (Wildman–Crippen LogP) is 5.12. The number of nitrogen functional groups attached to an aromatic ring is 1. The molecular formula is C24H20FN5O2S2. The highest BCUT2D eigenvalue weighted by molar-refractivity contribution is 7.98. The summed E-state index contributed by atoms with van der Waals surface area (Å²) in [6.45, 7) is 2.34. The summed E-state index contributed by atoms with van der Waals surface area (Å²) in [5, 5.41) is 18.9. The molecule has 0 atom stereocenters. The van der Waals surface area contributed by atoms with Gasteiger partial charge in [0.05, 0.1) is 24.3 Å². The number of nitrogens with zero attached hydrogens (tertiary/aromatic N) is 4. The van der Waals surface area contributed by atoms with Gasteiger partial charge in [0, 0.05) is 11.3 Å². The van der Waals surface area contributed by atoms with Crippen molar-refractivity contribution in [3.05, 3.63) is 82.0 Å². The maximum absolute atomic E-state index is 14.6. The van der Waals surface area contributed by atoms with E-state index in [9.17, 15) is 14.4 Å². The van der Waals surface area contributed by atoms with E-state index in [1.165, 1.54) is 17.8 Å². The SMILES string of the molecule is CCOC(=O)c1sc(N)c(C#N)c1CSc1nnc(-c2ccccc2F)n1Cc1ccccc1. The number of aromatic nitrogens is 3. The highest BCUT2D eigenvalue weighted by Crippen LogP contribution is 2.36. The van der Waals surface area contributed by atoms with E-state index in [0.29, 0.717) is 33.5 Å². The van der Waals surface area contributed by atoms with Crippen molar-refractivity contribution in [3.63, 3.8) is 0 Å². The molecule has 2 heterocycles. The Hall–Kier alpha value is -3.68. The molecule has 4 aromatic rings. The van der Waals surface area contributed by atoms with E-state index in [1.54, 1.807) is 25.1 Å². The number of nitrogens with two attached hydrogens (primary N) is 1. The number of rotatable bonds is 8. The molecule has 0 saturated carbocycles. The van der Waals surface area contributed by atoms with Crippen molar-refractivity contribution in [2.45, 2.75) is 24.4 Å². The zero-order chi connectivity index (χ0) is 24.1. The molecule has 0 amide bonds. The highest BCUT2D eigenvalue weighted by Gasteiger charge is 2.24. The number of thioether (sulfide) groups is 1. The van der Waals surface area contributed by atoms with Gasteiger partial charge >= 0.3 is 5.97 Å². The average Bonchev–Trinajstić information content (AvgIpc) is 3.38. The quantitative estimate of drug-likeness (QED) is 0.268. The summed E-state index contributed by atoms with van der Waals surface area (Å²) in [4.78, 5) is 12.7. The third-order valence-corrected chi connectivity index (χ3v) is 7.00. The minimum atomic E-state index is -0.519. The van der Waals surface area contributed by atoms with Gasteiger partial charge in [-0.3, -0.25) is 4.57 Å². The summed E-state index contributed by atoms with van der Waals surface area (Å²) < 4.78 is 21.5. The molecule has 0 bridgehead atoms. The minimum absolute atomic E-state index is 0.211. The Morgan fingerprint density at radius 2 is 1.94 bits per heavy atom. The fourth-order valence-electron chi connectivity index (χ4n) is 3.39. The number of carbonyl (C=O) groups is 1. The molecule has 0 fully saturated rings. The molecule has 0 aliphatic heterocycles. The number of anilines is 1. The van der Waals surface area contributed by atoms with E-state index in [1.807, 2.05) is 34.9 Å². The van der Waals surface area contributed by atoms with Gasteiger partial charge in [0.25, 0.3) is 0 Å². The van der Waals surface area contributed by atoms with Crippen LogP contribution in [0.15, 0.2) is 59.8 Å². The van der Waals surface area contributed by atoms with E-state index in [2.05, 4.69) is 16.3 Å². The first kappa shape index (κ1) is 23.5. The van der Waals surface area contributed by atoms with Crippen molar-refractivity contribution in [2.24, 2.45) is 0 Å². The zero-order valence-electron chi connectivity index (χ0n) is 18.2. The van der Waals surface area contributed by atoms with Crippen LogP contribution < -0.4 is 5.73 Å². The van der Waals surface area contributed by atoms with E-state index in [0.717, 1.165) is 16.9 Å². The molecule has 172 valence electrons. The van der Waals surface area contributed by atoms with Gasteiger partial charge in [0.1, 0.15) is 21.8 Å². The number of hydrogen-bond donors (Lipinski definition) is 1. The molecule has 2 N–H and O–H groups in total. The Kier molecular flexibility index (Phi) is 7.25. The third-order valence-electron chi connectivity index (χ3n) is 4.97. The number of ether oxygens (including phenoxy) is 1. The van der Waals surface area contributed by atoms with Gasteiger partial charge in [0.2, 0.25) is 0 Å². The zero-order valence-corrected chi connectivity index (χ0v) is 19.8. The van der Waals surface area contributed by atoms with Gasteiger partial charge in [-0.1, -0.05) is 54.2 Å². The van der Waals surface area contributed by atoms with Crippen molar-refractivity contribution in [3.8, 4) is 17.5 Å². The van der Waals surface area contributed by atoms with Crippen LogP contribution in [-0.4, -0.2) is 27.3 Å². The van der Waals surface area contributed by atoms with Crippen LogP contribution in [0, 0.1) is 17.1 Å². The lowest BCUT2D eigenvalue weighted by molar-refractivity contribution is 0.0531. The first-order valence-electron chi connectivity index (χ1n) is 10.4. The molecule has 0 spiro atoms. The molecule has 34 heavy (non-hydrogen) atoms. The maximum Gasteiger partial charge on any atom is 0.348 e. The molecule has 0 radical (unpaired) electrons. The Labute approximate surface area is 204 Å². The second kappa shape index (κ2) is 10.5. The lowest BCUT2D eigenvalue weighted by Gasteiger charge is -2.11. The Balaban J connectivity index is 1.72. The first-order valence-corrected chi connectivity index (χ1v) is 12.2. The average molecular weight is 494 g/mol. The molecule has 10 heteroatoms. The van der Waals surface area contributed by atoms with Gasteiger partial charge in [-0.05, 0) is 24.6 Å². The largest absolute Gasteiger partial charge is 0.462 e. The van der Waals surface area contributed by atoms with E-state index >= 15 is 0 Å². The lowest BCUT2D eigenvalue weighted by atomic mass is 10.2. The summed E-state index contributed by atoms with van der Waals surface area (Å²) in [5.74, 6) is -0.285. The number of hydrogen-bond acceptors (Lipinski definition) is 8. The maximum atomic E-state index is 14.6. The molecule has 7 nitrogen and oxygen atoms in total. The van der Waals surface area contributed by atoms with E-state index < -0.39 is 11.8 Å². The Morgan fingerprint density at radius 3 is 2.65 bits per heavy atom. The monoisotopic (exact) mass is 493 g/mol. The summed E-state index contributed by atoms with van der Waals surface area (Å²) in [7, 11) is 0. The van der Waals surface area contributed by atoms with Gasteiger partial charge < -0.3 is 10.5 Å². The molecule has 2 aromatic carbocycles. The fraction of sp³-hybridized carbons (Fsp3) is 0.167. The number of esters is 1. The lowest BCUT2D eigenvalue weighted by Crippen LogP contribution is -2.07. The van der Waals surface area contributed by atoms with Crippen LogP contribution in [0.3, 0.4) is 0 Å². The van der Waals surface area contributed by atoms with E-state index in [-0.39, 0.29) is 22.9 Å². The summed E-state index contributed by atoms with van der Waals surface area (Å²) in [5.41, 5.74) is 8.07. The van der Waals surface area contributed by atoms with Gasteiger partial charge in [-0.15, -0.1) is 21.5 Å². The normalized spacial score (nSPS) is 10.7. The standard InChI is InChI=1S/C24H20FN5O2S2/c1-2-32-23(31)20-18(17(12-26)21(27)34-20)14-33-24-29-28-22(16-10-6-7-11-19(16)25)30(24)13-15-8-4-3-5-9-15/h3-11H,2,13-14,27H2,1H3. The Morgan fingerprint density at radius 1 is 1.21 bits per heavy atom. The number of nitriles is 1. The van der Waals surface area contributed by atoms with Crippen molar-refractivity contribution in [2.75, 3.05) is 12.3 Å². The van der Waals surface area contributed by atoms with Crippen LogP contribution >= 0.6 is 23.1 Å². The fourth-order valence-corrected chi connectivity index (χ4v) is 5.38. The van der Waals surface area contributed by atoms with Crippen molar-refractivity contribution in [1.29, 1.82) is 5.26 Å². The van der Waals surface area contributed by atoms with Crippen LogP contribution in [0.25, 0.3) is 11.4 Å². The van der Waals surface area contributed by atoms with Crippen molar-refractivity contribution >= 4 is 34.1 Å². The molecule has 0 aliphatic carbocycles. The van der Waals surface area contributed by atoms with E-state index in [4.69, 9.17) is 10.5 Å². The van der Waals surface area contributed by atoms with Crippen LogP contribution in [0.1, 0.15) is 33.3 Å². The summed E-state index contributed by atoms with van der Waals surface area (Å²) in [6, 6.07) is 18.2. The van der Waals surface area contributed by atoms with Crippen molar-refractivity contribution < 1.29 is 13.9 Å². The summed E-state index contributed by atoms with van der Waals surface area (Å²) in [6.07, 6.45) is 0. The smallest absolute Gasteiger partial charge is 0.348 e. The molecule has 0 aliphatic rings. The van der Waals surface area contributed by atoms with Crippen LogP contribution in [0.2, 0.25) is 0 Å². The number of thiophene rings is 1. The first-order chi connectivity index (χ1) is 16.5. The van der Waals surface area contributed by atoms with Gasteiger partial charge in [-0.25, -0.2) is 9.18 Å². The van der Waals surface area contributed by atoms with Crippen LogP contribution in [-0.2, 0) is 17.0 Å². The van der Waals surface area contributed by atoms with Gasteiger partial charge in [-0.2, -0.15) is 5.26 Å². The second-order valence-electron chi connectivity index (χ2n) is 7.13. The van der Waals surface area contributed by atoms with Gasteiger partial charge in [0.15, 0.2) is 11.0 Å². The van der Waals surface area contributed by atoms with Crippen molar-refractivity contribution in [1.82, 2.24) is 14.8 Å². The summed E-state index contributed by atoms with van der Waals surface area (Å²) >= 11 is 2.33. The second-order valence-corrected chi connectivity index (χ2v) is 9.12.